The first-order valence-corrected chi connectivity index (χ1v) is 11.3. The van der Waals surface area contributed by atoms with Gasteiger partial charge >= 0.3 is 11.9 Å². The van der Waals surface area contributed by atoms with E-state index in [2.05, 4.69) is 0 Å². The fraction of sp³-hybridized carbons (Fsp3) is 0.583. The lowest BCUT2D eigenvalue weighted by atomic mass is 9.97. The van der Waals surface area contributed by atoms with Crippen molar-refractivity contribution in [3.63, 3.8) is 0 Å². The molecule has 2 aliphatic rings. The molecule has 0 spiro atoms. The van der Waals surface area contributed by atoms with Gasteiger partial charge in [-0.15, -0.1) is 0 Å². The standard InChI is InChI=1S/C24H32O11/c1-11-5-7-15(8-6-11)9-10-16(26)34-20-13(3)31-23(30)22(21(20)33-14(4)25)35-24-19(29)18(28)17(27)12(2)32-24/h5-10,12-13,17-24,27-30H,1-4H3/b10-9-. The molecule has 10 atom stereocenters. The van der Waals surface area contributed by atoms with E-state index < -0.39 is 73.4 Å². The van der Waals surface area contributed by atoms with E-state index in [4.69, 9.17) is 23.7 Å². The molecule has 4 N–H and O–H groups in total. The van der Waals surface area contributed by atoms with E-state index in [0.29, 0.717) is 0 Å². The highest BCUT2D eigenvalue weighted by molar-refractivity contribution is 5.87. The lowest BCUT2D eigenvalue weighted by molar-refractivity contribution is -0.356. The molecule has 0 aromatic heterocycles. The first-order valence-electron chi connectivity index (χ1n) is 11.3. The van der Waals surface area contributed by atoms with Crippen LogP contribution in [0.5, 0.6) is 0 Å². The molecule has 0 bridgehead atoms. The van der Waals surface area contributed by atoms with Crippen molar-refractivity contribution in [3.8, 4) is 0 Å². The first-order chi connectivity index (χ1) is 16.5. The summed E-state index contributed by atoms with van der Waals surface area (Å²) >= 11 is 0. The van der Waals surface area contributed by atoms with Crippen molar-refractivity contribution in [2.24, 2.45) is 0 Å². The fourth-order valence-corrected chi connectivity index (χ4v) is 3.92. The van der Waals surface area contributed by atoms with Gasteiger partial charge in [0.1, 0.15) is 18.3 Å². The zero-order chi connectivity index (χ0) is 25.9. The largest absolute Gasteiger partial charge is 0.455 e. The van der Waals surface area contributed by atoms with Gasteiger partial charge in [-0.3, -0.25) is 4.79 Å². The van der Waals surface area contributed by atoms with Gasteiger partial charge in [0, 0.05) is 13.0 Å². The number of rotatable bonds is 6. The molecule has 35 heavy (non-hydrogen) atoms. The van der Waals surface area contributed by atoms with E-state index in [1.54, 1.807) is 6.08 Å². The van der Waals surface area contributed by atoms with E-state index in [1.807, 2.05) is 31.2 Å². The third-order valence-electron chi connectivity index (χ3n) is 5.89. The summed E-state index contributed by atoms with van der Waals surface area (Å²) in [6.07, 6.45) is -10.8. The molecule has 2 heterocycles. The van der Waals surface area contributed by atoms with Crippen molar-refractivity contribution in [1.29, 1.82) is 0 Å². The fourth-order valence-electron chi connectivity index (χ4n) is 3.92. The number of esters is 2. The van der Waals surface area contributed by atoms with Crippen molar-refractivity contribution < 1.29 is 53.7 Å². The molecule has 11 nitrogen and oxygen atoms in total. The van der Waals surface area contributed by atoms with Crippen molar-refractivity contribution in [2.75, 3.05) is 0 Å². The Labute approximate surface area is 202 Å². The summed E-state index contributed by atoms with van der Waals surface area (Å²) in [5, 5.41) is 40.7. The Morgan fingerprint density at radius 1 is 0.857 bits per heavy atom. The van der Waals surface area contributed by atoms with Gasteiger partial charge in [-0.1, -0.05) is 29.8 Å². The predicted octanol–water partition coefficient (Wildman–Crippen LogP) is -0.198. The van der Waals surface area contributed by atoms with Crippen LogP contribution in [0.25, 0.3) is 6.08 Å². The summed E-state index contributed by atoms with van der Waals surface area (Å²) in [5.74, 6) is -1.49. The van der Waals surface area contributed by atoms with Gasteiger partial charge < -0.3 is 44.1 Å². The van der Waals surface area contributed by atoms with E-state index >= 15 is 0 Å². The first kappa shape index (κ1) is 27.2. The van der Waals surface area contributed by atoms with E-state index in [-0.39, 0.29) is 0 Å². The number of aryl methyl sites for hydroxylation is 1. The maximum Gasteiger partial charge on any atom is 0.331 e. The Morgan fingerprint density at radius 2 is 1.51 bits per heavy atom. The van der Waals surface area contributed by atoms with Crippen LogP contribution in [0.1, 0.15) is 31.9 Å². The number of ether oxygens (including phenoxy) is 5. The van der Waals surface area contributed by atoms with E-state index in [1.165, 1.54) is 19.9 Å². The highest BCUT2D eigenvalue weighted by atomic mass is 16.7. The Balaban J connectivity index is 1.78. The Hall–Kier alpha value is -2.38. The minimum absolute atomic E-state index is 0.741. The maximum atomic E-state index is 12.5. The minimum atomic E-state index is -1.68. The van der Waals surface area contributed by atoms with Crippen LogP contribution in [0.2, 0.25) is 0 Å². The predicted molar refractivity (Wildman–Crippen MR) is 119 cm³/mol. The molecule has 0 radical (unpaired) electrons. The van der Waals surface area contributed by atoms with Crippen molar-refractivity contribution in [3.05, 3.63) is 41.5 Å². The third-order valence-corrected chi connectivity index (χ3v) is 5.89. The van der Waals surface area contributed by atoms with Crippen LogP contribution in [-0.2, 0) is 33.3 Å². The second-order valence-electron chi connectivity index (χ2n) is 8.73. The van der Waals surface area contributed by atoms with Gasteiger partial charge in [0.25, 0.3) is 0 Å². The lowest BCUT2D eigenvalue weighted by Crippen LogP contribution is -2.64. The average Bonchev–Trinajstić information content (AvgIpc) is 2.80. The SMILES string of the molecule is CC(=O)OC1C(OC(=O)/C=C\c2ccc(C)cc2)C(C)OC(O)C1OC1OC(C)C(O)C(O)C1O. The van der Waals surface area contributed by atoms with Gasteiger partial charge in [-0.05, 0) is 32.4 Å². The Morgan fingerprint density at radius 3 is 2.14 bits per heavy atom. The van der Waals surface area contributed by atoms with Crippen LogP contribution in [0, 0.1) is 6.92 Å². The number of carbonyl (C=O) groups excluding carboxylic acids is 2. The second-order valence-corrected chi connectivity index (χ2v) is 8.73. The topological polar surface area (TPSA) is 161 Å². The van der Waals surface area contributed by atoms with Gasteiger partial charge in [-0.25, -0.2) is 4.79 Å². The van der Waals surface area contributed by atoms with Crippen molar-refractivity contribution >= 4 is 18.0 Å². The summed E-state index contributed by atoms with van der Waals surface area (Å²) in [6, 6.07) is 7.44. The molecule has 0 saturated carbocycles. The number of carbonyl (C=O) groups is 2. The summed E-state index contributed by atoms with van der Waals surface area (Å²) in [7, 11) is 0. The molecule has 194 valence electrons. The minimum Gasteiger partial charge on any atom is -0.455 e. The molecule has 1 aromatic rings. The lowest BCUT2D eigenvalue weighted by Gasteiger charge is -2.45. The normalized spacial score (nSPS) is 37.7. The molecular formula is C24H32O11. The Bertz CT molecular complexity index is 901. The van der Waals surface area contributed by atoms with Gasteiger partial charge in [0.15, 0.2) is 30.9 Å². The highest BCUT2D eigenvalue weighted by Gasteiger charge is 2.52. The average molecular weight is 497 g/mol. The van der Waals surface area contributed by atoms with Crippen LogP contribution < -0.4 is 0 Å². The summed E-state index contributed by atoms with van der Waals surface area (Å²) in [4.78, 5) is 24.4. The number of aliphatic hydroxyl groups is 4. The van der Waals surface area contributed by atoms with E-state index in [0.717, 1.165) is 18.1 Å². The smallest absolute Gasteiger partial charge is 0.331 e. The highest BCUT2D eigenvalue weighted by Crippen LogP contribution is 2.31. The van der Waals surface area contributed by atoms with E-state index in [9.17, 15) is 30.0 Å². The van der Waals surface area contributed by atoms with Gasteiger partial charge in [0.05, 0.1) is 12.2 Å². The van der Waals surface area contributed by atoms with Crippen LogP contribution in [-0.4, -0.2) is 93.8 Å². The van der Waals surface area contributed by atoms with Crippen LogP contribution >= 0.6 is 0 Å². The molecular weight excluding hydrogens is 464 g/mol. The maximum absolute atomic E-state index is 12.5. The second kappa shape index (κ2) is 11.6. The summed E-state index contributed by atoms with van der Waals surface area (Å²) < 4.78 is 27.3. The number of aliphatic hydroxyl groups excluding tert-OH is 4. The zero-order valence-electron chi connectivity index (χ0n) is 19.9. The molecule has 3 rings (SSSR count). The molecule has 2 fully saturated rings. The third kappa shape index (κ3) is 6.64. The Kier molecular flexibility index (Phi) is 9.00. The van der Waals surface area contributed by atoms with Crippen LogP contribution in [0.3, 0.4) is 0 Å². The van der Waals surface area contributed by atoms with Crippen molar-refractivity contribution in [1.82, 2.24) is 0 Å². The molecule has 0 aliphatic carbocycles. The summed E-state index contributed by atoms with van der Waals surface area (Å²) in [5.41, 5.74) is 1.84. The summed E-state index contributed by atoms with van der Waals surface area (Å²) in [6.45, 7) is 6.05. The van der Waals surface area contributed by atoms with Crippen LogP contribution in [0.15, 0.2) is 30.3 Å². The molecule has 10 unspecified atom stereocenters. The molecule has 1 aromatic carbocycles. The molecule has 0 amide bonds. The van der Waals surface area contributed by atoms with Crippen molar-refractivity contribution in [2.45, 2.75) is 89.1 Å². The van der Waals surface area contributed by atoms with Gasteiger partial charge in [-0.2, -0.15) is 0 Å². The molecule has 11 heteroatoms. The van der Waals surface area contributed by atoms with Gasteiger partial charge in [0.2, 0.25) is 0 Å². The number of benzene rings is 1. The quantitative estimate of drug-likeness (QED) is 0.305. The molecule has 2 saturated heterocycles. The monoisotopic (exact) mass is 496 g/mol. The number of hydrogen-bond acceptors (Lipinski definition) is 11. The zero-order valence-corrected chi connectivity index (χ0v) is 19.9. The van der Waals surface area contributed by atoms with Crippen LogP contribution in [0.4, 0.5) is 0 Å². The molecule has 2 aliphatic heterocycles. The number of hydrogen-bond donors (Lipinski definition) is 4.